The summed E-state index contributed by atoms with van der Waals surface area (Å²) in [5, 5.41) is 14.1. The Bertz CT molecular complexity index is 1300. The maximum absolute atomic E-state index is 13.3. The van der Waals surface area contributed by atoms with Gasteiger partial charge in [0, 0.05) is 27.5 Å². The topological polar surface area (TPSA) is 97.1 Å². The van der Waals surface area contributed by atoms with Crippen LogP contribution in [0.4, 0.5) is 15.8 Å². The third-order valence-corrected chi connectivity index (χ3v) is 5.39. The van der Waals surface area contributed by atoms with Crippen molar-refractivity contribution in [3.63, 3.8) is 0 Å². The average Bonchev–Trinajstić information content (AvgIpc) is 3.27. The third-order valence-electron chi connectivity index (χ3n) is 4.32. The van der Waals surface area contributed by atoms with Crippen LogP contribution in [0.3, 0.4) is 0 Å². The number of halogens is 2. The zero-order valence-electron chi connectivity index (χ0n) is 16.9. The molecule has 0 aliphatic rings. The normalized spacial score (nSPS) is 10.6. The number of amides is 2. The minimum atomic E-state index is -0.451. The molecule has 3 aromatic carbocycles. The van der Waals surface area contributed by atoms with Crippen LogP contribution in [-0.2, 0) is 4.79 Å². The molecule has 0 spiro atoms. The summed E-state index contributed by atoms with van der Waals surface area (Å²) < 4.78 is 18.9. The summed E-state index contributed by atoms with van der Waals surface area (Å²) in [6.07, 6.45) is 0. The molecule has 0 unspecified atom stereocenters. The zero-order valence-corrected chi connectivity index (χ0v) is 18.5. The molecule has 0 aliphatic heterocycles. The van der Waals surface area contributed by atoms with Gasteiger partial charge in [0.15, 0.2) is 0 Å². The van der Waals surface area contributed by atoms with E-state index in [-0.39, 0.29) is 16.9 Å². The molecule has 0 fully saturated rings. The summed E-state index contributed by atoms with van der Waals surface area (Å²) in [4.78, 5) is 24.8. The van der Waals surface area contributed by atoms with Gasteiger partial charge in [0.05, 0.1) is 5.75 Å². The molecule has 2 amide bonds. The maximum atomic E-state index is 13.3. The van der Waals surface area contributed by atoms with Gasteiger partial charge in [0.25, 0.3) is 11.1 Å². The number of carbonyl (C=O) groups excluding carboxylic acids is 2. The highest BCUT2D eigenvalue weighted by Crippen LogP contribution is 2.24. The van der Waals surface area contributed by atoms with Crippen LogP contribution in [-0.4, -0.2) is 27.8 Å². The summed E-state index contributed by atoms with van der Waals surface area (Å²) in [6.45, 7) is 0. The first-order chi connectivity index (χ1) is 16.0. The monoisotopic (exact) mass is 482 g/mol. The van der Waals surface area contributed by atoms with Crippen molar-refractivity contribution in [1.29, 1.82) is 0 Å². The van der Waals surface area contributed by atoms with E-state index in [9.17, 15) is 14.0 Å². The van der Waals surface area contributed by atoms with Crippen LogP contribution in [0.1, 0.15) is 10.4 Å². The molecule has 33 heavy (non-hydrogen) atoms. The number of rotatable bonds is 7. The van der Waals surface area contributed by atoms with Crippen molar-refractivity contribution in [2.45, 2.75) is 5.22 Å². The van der Waals surface area contributed by atoms with Crippen molar-refractivity contribution < 1.29 is 18.4 Å². The molecule has 0 bridgehead atoms. The van der Waals surface area contributed by atoms with Gasteiger partial charge in [0.1, 0.15) is 5.82 Å². The predicted molar refractivity (Wildman–Crippen MR) is 125 cm³/mol. The van der Waals surface area contributed by atoms with E-state index in [1.165, 1.54) is 24.3 Å². The Morgan fingerprint density at radius 2 is 1.67 bits per heavy atom. The van der Waals surface area contributed by atoms with Crippen molar-refractivity contribution in [3.05, 3.63) is 89.2 Å². The molecule has 166 valence electrons. The molecule has 4 aromatic rings. The fraction of sp³-hybridized carbons (Fsp3) is 0.0435. The number of hydrogen-bond donors (Lipinski definition) is 2. The molecule has 0 radical (unpaired) electrons. The van der Waals surface area contributed by atoms with Gasteiger partial charge in [-0.2, -0.15) is 0 Å². The van der Waals surface area contributed by atoms with Gasteiger partial charge >= 0.3 is 0 Å². The van der Waals surface area contributed by atoms with Crippen LogP contribution < -0.4 is 10.6 Å². The molecule has 1 aromatic heterocycles. The van der Waals surface area contributed by atoms with Gasteiger partial charge in [-0.25, -0.2) is 4.39 Å². The molecule has 0 saturated heterocycles. The standard InChI is InChI=1S/C23H16ClFN4O3S/c24-16-9-7-14(8-10-16)22-28-29-23(32-22)33-13-20(30)26-18-5-1-3-15(11-18)21(31)27-19-6-2-4-17(25)12-19/h1-12H,13H2,(H,26,30)(H,27,31). The SMILES string of the molecule is O=C(CSc1nnc(-c2ccc(Cl)cc2)o1)Nc1cccc(C(=O)Nc2cccc(F)c2)c1. The minimum Gasteiger partial charge on any atom is -0.411 e. The number of anilines is 2. The van der Waals surface area contributed by atoms with Gasteiger partial charge in [-0.3, -0.25) is 9.59 Å². The second-order valence-corrected chi connectivity index (χ2v) is 8.13. The van der Waals surface area contributed by atoms with Crippen molar-refractivity contribution >= 4 is 46.6 Å². The molecule has 7 nitrogen and oxygen atoms in total. The number of aromatic nitrogens is 2. The summed E-state index contributed by atoms with van der Waals surface area (Å²) in [6, 6.07) is 19.0. The Morgan fingerprint density at radius 3 is 2.42 bits per heavy atom. The molecule has 10 heteroatoms. The summed E-state index contributed by atoms with van der Waals surface area (Å²) in [5.41, 5.74) is 1.81. The highest BCUT2D eigenvalue weighted by atomic mass is 35.5. The van der Waals surface area contributed by atoms with E-state index in [4.69, 9.17) is 16.0 Å². The molecule has 0 saturated carbocycles. The van der Waals surface area contributed by atoms with Crippen LogP contribution in [0.15, 0.2) is 82.4 Å². The van der Waals surface area contributed by atoms with Crippen LogP contribution in [0.25, 0.3) is 11.5 Å². The quantitative estimate of drug-likeness (QED) is 0.337. The smallest absolute Gasteiger partial charge is 0.277 e. The van der Waals surface area contributed by atoms with Gasteiger partial charge in [-0.05, 0) is 60.7 Å². The second-order valence-electron chi connectivity index (χ2n) is 6.76. The molecular weight excluding hydrogens is 467 g/mol. The Hall–Kier alpha value is -3.69. The lowest BCUT2D eigenvalue weighted by Gasteiger charge is -2.08. The van der Waals surface area contributed by atoms with Crippen molar-refractivity contribution in [1.82, 2.24) is 10.2 Å². The number of benzene rings is 3. The average molecular weight is 483 g/mol. The van der Waals surface area contributed by atoms with Crippen LogP contribution in [0, 0.1) is 5.82 Å². The van der Waals surface area contributed by atoms with Crippen molar-refractivity contribution in [2.75, 3.05) is 16.4 Å². The first-order valence-electron chi connectivity index (χ1n) is 9.65. The zero-order chi connectivity index (χ0) is 23.2. The lowest BCUT2D eigenvalue weighted by Crippen LogP contribution is -2.16. The van der Waals surface area contributed by atoms with E-state index in [2.05, 4.69) is 20.8 Å². The number of hydrogen-bond acceptors (Lipinski definition) is 6. The molecular formula is C23H16ClFN4O3S. The highest BCUT2D eigenvalue weighted by Gasteiger charge is 2.13. The molecule has 2 N–H and O–H groups in total. The lowest BCUT2D eigenvalue weighted by atomic mass is 10.2. The Balaban J connectivity index is 1.32. The maximum Gasteiger partial charge on any atom is 0.277 e. The lowest BCUT2D eigenvalue weighted by molar-refractivity contribution is -0.113. The number of carbonyl (C=O) groups is 2. The Labute approximate surface area is 197 Å². The van der Waals surface area contributed by atoms with Crippen LogP contribution >= 0.6 is 23.4 Å². The van der Waals surface area contributed by atoms with E-state index >= 15 is 0 Å². The van der Waals surface area contributed by atoms with E-state index in [1.807, 2.05) is 0 Å². The van der Waals surface area contributed by atoms with Gasteiger partial charge in [-0.15, -0.1) is 10.2 Å². The van der Waals surface area contributed by atoms with Gasteiger partial charge < -0.3 is 15.1 Å². The second kappa shape index (κ2) is 10.3. The fourth-order valence-electron chi connectivity index (χ4n) is 2.81. The fourth-order valence-corrected chi connectivity index (χ4v) is 3.50. The Kier molecular flexibility index (Phi) is 7.01. The van der Waals surface area contributed by atoms with Gasteiger partial charge in [-0.1, -0.05) is 35.5 Å². The number of nitrogens with one attached hydrogen (secondary N) is 2. The van der Waals surface area contributed by atoms with E-state index < -0.39 is 11.7 Å². The predicted octanol–water partition coefficient (Wildman–Crippen LogP) is 5.51. The first kappa shape index (κ1) is 22.5. The first-order valence-corrected chi connectivity index (χ1v) is 11.0. The van der Waals surface area contributed by atoms with E-state index in [0.717, 1.165) is 17.3 Å². The molecule has 4 rings (SSSR count). The van der Waals surface area contributed by atoms with Gasteiger partial charge in [0.2, 0.25) is 11.8 Å². The van der Waals surface area contributed by atoms with Crippen molar-refractivity contribution in [2.24, 2.45) is 0 Å². The molecule has 0 aliphatic carbocycles. The van der Waals surface area contributed by atoms with Crippen LogP contribution in [0.5, 0.6) is 0 Å². The highest BCUT2D eigenvalue weighted by molar-refractivity contribution is 7.99. The van der Waals surface area contributed by atoms with Crippen molar-refractivity contribution in [3.8, 4) is 11.5 Å². The molecule has 0 atom stereocenters. The largest absolute Gasteiger partial charge is 0.411 e. The summed E-state index contributed by atoms with van der Waals surface area (Å²) in [7, 11) is 0. The molecule has 1 heterocycles. The summed E-state index contributed by atoms with van der Waals surface area (Å²) >= 11 is 6.96. The summed E-state index contributed by atoms with van der Waals surface area (Å²) in [5.74, 6) is -0.831. The van der Waals surface area contributed by atoms with E-state index in [0.29, 0.717) is 27.9 Å². The minimum absolute atomic E-state index is 0.0297. The third kappa shape index (κ3) is 6.18. The Morgan fingerprint density at radius 1 is 0.939 bits per heavy atom. The van der Waals surface area contributed by atoms with Crippen LogP contribution in [0.2, 0.25) is 5.02 Å². The van der Waals surface area contributed by atoms with E-state index in [1.54, 1.807) is 48.5 Å². The number of thioether (sulfide) groups is 1. The number of nitrogens with zero attached hydrogens (tertiary/aromatic N) is 2.